The highest BCUT2D eigenvalue weighted by Crippen LogP contribution is 2.41. The van der Waals surface area contributed by atoms with Crippen molar-refractivity contribution in [1.29, 1.82) is 0 Å². The van der Waals surface area contributed by atoms with Crippen LogP contribution in [0.15, 0.2) is 42.5 Å². The highest BCUT2D eigenvalue weighted by molar-refractivity contribution is 6.42. The number of carbonyl (C=O) groups is 1. The number of piperazine rings is 1. The molecule has 0 aromatic heterocycles. The highest BCUT2D eigenvalue weighted by Gasteiger charge is 2.40. The molecule has 1 N–H and O–H groups in total. The summed E-state index contributed by atoms with van der Waals surface area (Å²) in [7, 11) is 0. The summed E-state index contributed by atoms with van der Waals surface area (Å²) in [5.41, 5.74) is 1.97. The lowest BCUT2D eigenvalue weighted by molar-refractivity contribution is -0.0356. The third-order valence-electron chi connectivity index (χ3n) is 7.37. The normalized spacial score (nSPS) is 19.7. The summed E-state index contributed by atoms with van der Waals surface area (Å²) < 4.78 is 5.56. The molecule has 196 valence electrons. The summed E-state index contributed by atoms with van der Waals surface area (Å²) in [5.74, 6) is -0.0198. The average molecular weight is 534 g/mol. The fraction of sp³-hybridized carbons (Fsp3) is 0.552. The molecule has 1 aliphatic carbocycles. The van der Waals surface area contributed by atoms with Crippen molar-refractivity contribution in [2.75, 3.05) is 32.7 Å². The van der Waals surface area contributed by atoms with Crippen LogP contribution in [0.25, 0.3) is 11.1 Å². The molecule has 1 heterocycles. The zero-order valence-electron chi connectivity index (χ0n) is 21.6. The van der Waals surface area contributed by atoms with E-state index in [0.717, 1.165) is 62.0 Å². The fourth-order valence-electron chi connectivity index (χ4n) is 5.41. The van der Waals surface area contributed by atoms with Crippen molar-refractivity contribution in [3.63, 3.8) is 0 Å². The molecular weight excluding hydrogens is 495 g/mol. The number of nitrogens with zero attached hydrogens (tertiary/aromatic N) is 2. The molecule has 2 aromatic rings. The van der Waals surface area contributed by atoms with Gasteiger partial charge in [0.15, 0.2) is 0 Å². The minimum Gasteiger partial charge on any atom is -0.444 e. The molecule has 1 amide bonds. The smallest absolute Gasteiger partial charge is 0.410 e. The molecule has 36 heavy (non-hydrogen) atoms. The van der Waals surface area contributed by atoms with Crippen molar-refractivity contribution in [2.45, 2.75) is 70.0 Å². The zero-order chi connectivity index (χ0) is 25.9. The Morgan fingerprint density at radius 3 is 2.28 bits per heavy atom. The van der Waals surface area contributed by atoms with Gasteiger partial charge in [0, 0.05) is 38.6 Å². The zero-order valence-corrected chi connectivity index (χ0v) is 23.1. The van der Waals surface area contributed by atoms with Crippen molar-refractivity contribution >= 4 is 29.3 Å². The number of hydrogen-bond donors (Lipinski definition) is 1. The minimum atomic E-state index is -0.739. The first kappa shape index (κ1) is 27.3. The van der Waals surface area contributed by atoms with Crippen molar-refractivity contribution in [2.24, 2.45) is 0 Å². The maximum absolute atomic E-state index is 12.5. The van der Waals surface area contributed by atoms with Crippen LogP contribution >= 0.6 is 23.2 Å². The third-order valence-corrected chi connectivity index (χ3v) is 8.11. The van der Waals surface area contributed by atoms with E-state index in [9.17, 15) is 9.90 Å². The second-order valence-electron chi connectivity index (χ2n) is 11.2. The highest BCUT2D eigenvalue weighted by atomic mass is 35.5. The van der Waals surface area contributed by atoms with Crippen LogP contribution in [-0.4, -0.2) is 64.9 Å². The van der Waals surface area contributed by atoms with Crippen LogP contribution in [-0.2, 0) is 4.74 Å². The van der Waals surface area contributed by atoms with Crippen molar-refractivity contribution < 1.29 is 14.6 Å². The van der Waals surface area contributed by atoms with Gasteiger partial charge in [-0.3, -0.25) is 4.90 Å². The van der Waals surface area contributed by atoms with E-state index < -0.39 is 11.2 Å². The van der Waals surface area contributed by atoms with E-state index in [0.29, 0.717) is 23.1 Å². The molecule has 2 aliphatic rings. The Labute approximate surface area is 225 Å². The third kappa shape index (κ3) is 6.74. The Morgan fingerprint density at radius 1 is 0.972 bits per heavy atom. The number of halogens is 2. The van der Waals surface area contributed by atoms with Gasteiger partial charge in [0.05, 0.1) is 15.6 Å². The van der Waals surface area contributed by atoms with E-state index in [4.69, 9.17) is 27.9 Å². The van der Waals surface area contributed by atoms with Gasteiger partial charge in [0.25, 0.3) is 0 Å². The molecule has 7 heteroatoms. The van der Waals surface area contributed by atoms with Gasteiger partial charge in [-0.25, -0.2) is 4.79 Å². The molecule has 2 aromatic carbocycles. The predicted octanol–water partition coefficient (Wildman–Crippen LogP) is 6.99. The first-order valence-corrected chi connectivity index (χ1v) is 13.8. The molecule has 1 saturated heterocycles. The lowest BCUT2D eigenvalue weighted by Crippen LogP contribution is -2.52. The van der Waals surface area contributed by atoms with E-state index >= 15 is 0 Å². The number of aliphatic hydroxyl groups is 1. The molecule has 2 fully saturated rings. The molecule has 1 aliphatic heterocycles. The van der Waals surface area contributed by atoms with Crippen molar-refractivity contribution in [3.05, 3.63) is 58.1 Å². The van der Waals surface area contributed by atoms with Crippen LogP contribution in [0.4, 0.5) is 4.79 Å². The Bertz CT molecular complexity index is 1050. The number of hydrogen-bond acceptors (Lipinski definition) is 4. The van der Waals surface area contributed by atoms with Gasteiger partial charge < -0.3 is 14.7 Å². The number of benzene rings is 2. The van der Waals surface area contributed by atoms with Crippen molar-refractivity contribution in [1.82, 2.24) is 9.80 Å². The maximum Gasteiger partial charge on any atom is 0.410 e. The van der Waals surface area contributed by atoms with Crippen LogP contribution < -0.4 is 0 Å². The van der Waals surface area contributed by atoms with Gasteiger partial charge in [0.1, 0.15) is 5.60 Å². The number of carbonyl (C=O) groups excluding carboxylic acids is 1. The molecule has 0 spiro atoms. The van der Waals surface area contributed by atoms with E-state index in [1.807, 2.05) is 39.0 Å². The molecule has 0 bridgehead atoms. The summed E-state index contributed by atoms with van der Waals surface area (Å²) in [6.45, 7) is 9.21. The van der Waals surface area contributed by atoms with Gasteiger partial charge in [-0.1, -0.05) is 72.8 Å². The SMILES string of the molecule is CC(C)(C)OC(=O)N1CCN(CC(c2cccc(-c3ccc(Cl)c(Cl)c3)c2)C2(O)CCCCC2)CC1. The lowest BCUT2D eigenvalue weighted by Gasteiger charge is -2.43. The second kappa shape index (κ2) is 11.3. The van der Waals surface area contributed by atoms with E-state index in [1.165, 1.54) is 6.42 Å². The van der Waals surface area contributed by atoms with Gasteiger partial charge in [-0.05, 0) is 62.4 Å². The Balaban J connectivity index is 1.53. The monoisotopic (exact) mass is 532 g/mol. The largest absolute Gasteiger partial charge is 0.444 e. The molecule has 1 atom stereocenters. The minimum absolute atomic E-state index is 0.0198. The van der Waals surface area contributed by atoms with Gasteiger partial charge in [0.2, 0.25) is 0 Å². The van der Waals surface area contributed by atoms with E-state index in [1.54, 1.807) is 4.90 Å². The van der Waals surface area contributed by atoms with Gasteiger partial charge >= 0.3 is 6.09 Å². The Kier molecular flexibility index (Phi) is 8.56. The van der Waals surface area contributed by atoms with E-state index in [-0.39, 0.29) is 12.0 Å². The molecule has 5 nitrogen and oxygen atoms in total. The standard InChI is InChI=1S/C29H38Cl2N2O3/c1-28(2,3)36-27(34)33-16-14-32(15-17-33)20-24(29(35)12-5-4-6-13-29)23-9-7-8-21(18-23)22-10-11-25(30)26(31)19-22/h7-11,18-19,24,35H,4-6,12-17,20H2,1-3H3. The average Bonchev–Trinajstić information content (AvgIpc) is 2.84. The summed E-state index contributed by atoms with van der Waals surface area (Å²) >= 11 is 12.4. The van der Waals surface area contributed by atoms with Crippen LogP contribution in [0, 0.1) is 0 Å². The van der Waals surface area contributed by atoms with Gasteiger partial charge in [-0.2, -0.15) is 0 Å². The first-order valence-electron chi connectivity index (χ1n) is 13.0. The maximum atomic E-state index is 12.5. The summed E-state index contributed by atoms with van der Waals surface area (Å²) in [5, 5.41) is 12.9. The Morgan fingerprint density at radius 2 is 1.64 bits per heavy atom. The number of amides is 1. The summed E-state index contributed by atoms with van der Waals surface area (Å²) in [6.07, 6.45) is 4.64. The first-order chi connectivity index (χ1) is 17.0. The van der Waals surface area contributed by atoms with Crippen LogP contribution in [0.1, 0.15) is 64.4 Å². The number of rotatable bonds is 5. The fourth-order valence-corrected chi connectivity index (χ4v) is 5.70. The summed E-state index contributed by atoms with van der Waals surface area (Å²) in [4.78, 5) is 16.7. The molecule has 1 unspecified atom stereocenters. The molecule has 0 radical (unpaired) electrons. The quantitative estimate of drug-likeness (QED) is 0.450. The topological polar surface area (TPSA) is 53.0 Å². The Hall–Kier alpha value is -1.79. The van der Waals surface area contributed by atoms with E-state index in [2.05, 4.69) is 29.2 Å². The van der Waals surface area contributed by atoms with Crippen LogP contribution in [0.2, 0.25) is 10.0 Å². The second-order valence-corrected chi connectivity index (χ2v) is 12.1. The van der Waals surface area contributed by atoms with Gasteiger partial charge in [-0.15, -0.1) is 0 Å². The number of ether oxygens (including phenoxy) is 1. The molecular formula is C29H38Cl2N2O3. The van der Waals surface area contributed by atoms with Crippen LogP contribution in [0.3, 0.4) is 0 Å². The molecule has 4 rings (SSSR count). The summed E-state index contributed by atoms with van der Waals surface area (Å²) in [6, 6.07) is 14.2. The molecule has 1 saturated carbocycles. The predicted molar refractivity (Wildman–Crippen MR) is 147 cm³/mol. The lowest BCUT2D eigenvalue weighted by atomic mass is 9.72. The van der Waals surface area contributed by atoms with Crippen molar-refractivity contribution in [3.8, 4) is 11.1 Å². The van der Waals surface area contributed by atoms with Crippen LogP contribution in [0.5, 0.6) is 0 Å².